The maximum absolute atomic E-state index is 12.7. The Labute approximate surface area is 150 Å². The van der Waals surface area contributed by atoms with Gasteiger partial charge >= 0.3 is 0 Å². The molecule has 138 valence electrons. The summed E-state index contributed by atoms with van der Waals surface area (Å²) < 4.78 is 13.8. The van der Waals surface area contributed by atoms with Crippen LogP contribution < -0.4 is 10.9 Å². The van der Waals surface area contributed by atoms with Gasteiger partial charge in [-0.1, -0.05) is 0 Å². The largest absolute Gasteiger partial charge is 0.466 e. The predicted molar refractivity (Wildman–Crippen MR) is 96.4 cm³/mol. The summed E-state index contributed by atoms with van der Waals surface area (Å²) in [6.07, 6.45) is 3.33. The molecule has 3 aromatic heterocycles. The fourth-order valence-electron chi connectivity index (χ4n) is 2.84. The van der Waals surface area contributed by atoms with Crippen LogP contribution in [0.15, 0.2) is 27.7 Å². The summed E-state index contributed by atoms with van der Waals surface area (Å²) in [4.78, 5) is 29.1. The van der Waals surface area contributed by atoms with Crippen LogP contribution in [0.2, 0.25) is 0 Å². The van der Waals surface area contributed by atoms with E-state index in [0.717, 1.165) is 17.1 Å². The molecule has 0 unspecified atom stereocenters. The molecule has 0 fully saturated rings. The van der Waals surface area contributed by atoms with E-state index >= 15 is 0 Å². The Bertz CT molecular complexity index is 1010. The van der Waals surface area contributed by atoms with Crippen molar-refractivity contribution in [1.29, 1.82) is 0 Å². The maximum Gasteiger partial charge on any atom is 0.294 e. The third kappa shape index (κ3) is 3.28. The normalized spacial score (nSPS) is 11.2. The highest BCUT2D eigenvalue weighted by atomic mass is 16.5. The molecule has 0 saturated heterocycles. The number of nitrogens with zero attached hydrogens (tertiary/aromatic N) is 3. The fourth-order valence-corrected chi connectivity index (χ4v) is 2.84. The molecule has 3 rings (SSSR count). The van der Waals surface area contributed by atoms with Crippen molar-refractivity contribution in [3.05, 3.63) is 46.0 Å². The summed E-state index contributed by atoms with van der Waals surface area (Å²) >= 11 is 0. The molecule has 0 aliphatic rings. The molecule has 0 aliphatic carbocycles. The fraction of sp³-hybridized carbons (Fsp3) is 0.389. The molecule has 1 N–H and O–H groups in total. The molecule has 0 atom stereocenters. The second-order valence-corrected chi connectivity index (χ2v) is 6.02. The highest BCUT2D eigenvalue weighted by Crippen LogP contribution is 2.25. The van der Waals surface area contributed by atoms with Gasteiger partial charge in [-0.2, -0.15) is 0 Å². The van der Waals surface area contributed by atoms with E-state index in [0.29, 0.717) is 25.5 Å². The highest BCUT2D eigenvalue weighted by Gasteiger charge is 2.17. The van der Waals surface area contributed by atoms with Crippen LogP contribution in [0.4, 0.5) is 0 Å². The standard InChI is InChI=1S/C18H22N4O4/c1-5-25-7-6-19-17(23)14-9-22-10-15(13-8-11(2)26-12(13)3)21(4)18(24)16(22)20-14/h8-10H,5-7H2,1-4H3,(H,19,23). The minimum atomic E-state index is -0.340. The summed E-state index contributed by atoms with van der Waals surface area (Å²) in [5.41, 5.74) is 1.63. The lowest BCUT2D eigenvalue weighted by atomic mass is 10.2. The Morgan fingerprint density at radius 1 is 1.35 bits per heavy atom. The van der Waals surface area contributed by atoms with E-state index in [9.17, 15) is 9.59 Å². The van der Waals surface area contributed by atoms with Crippen LogP contribution in [-0.2, 0) is 11.8 Å². The Kier molecular flexibility index (Phi) is 4.94. The zero-order valence-corrected chi connectivity index (χ0v) is 15.3. The van der Waals surface area contributed by atoms with Crippen molar-refractivity contribution in [3.8, 4) is 11.3 Å². The molecule has 0 radical (unpaired) electrons. The quantitative estimate of drug-likeness (QED) is 0.677. The van der Waals surface area contributed by atoms with Crippen molar-refractivity contribution in [2.24, 2.45) is 7.05 Å². The van der Waals surface area contributed by atoms with Crippen LogP contribution in [0.5, 0.6) is 0 Å². The molecule has 0 aliphatic heterocycles. The van der Waals surface area contributed by atoms with Gasteiger partial charge in [0.05, 0.1) is 12.3 Å². The number of carbonyl (C=O) groups excluding carboxylic acids is 1. The van der Waals surface area contributed by atoms with Gasteiger partial charge in [-0.15, -0.1) is 0 Å². The van der Waals surface area contributed by atoms with Gasteiger partial charge in [-0.05, 0) is 26.8 Å². The molecular formula is C18H22N4O4. The Balaban J connectivity index is 1.97. The van der Waals surface area contributed by atoms with Gasteiger partial charge in [-0.3, -0.25) is 14.0 Å². The number of furan rings is 1. The van der Waals surface area contributed by atoms with Crippen molar-refractivity contribution in [3.63, 3.8) is 0 Å². The number of aryl methyl sites for hydroxylation is 2. The Hall–Kier alpha value is -2.87. The Morgan fingerprint density at radius 3 is 2.77 bits per heavy atom. The van der Waals surface area contributed by atoms with Crippen molar-refractivity contribution in [1.82, 2.24) is 19.3 Å². The first-order valence-electron chi connectivity index (χ1n) is 8.44. The monoisotopic (exact) mass is 358 g/mol. The second kappa shape index (κ2) is 7.17. The molecule has 3 aromatic rings. The van der Waals surface area contributed by atoms with Crippen molar-refractivity contribution in [2.45, 2.75) is 20.8 Å². The van der Waals surface area contributed by atoms with Crippen molar-refractivity contribution in [2.75, 3.05) is 19.8 Å². The van der Waals surface area contributed by atoms with E-state index in [4.69, 9.17) is 9.15 Å². The number of carbonyl (C=O) groups is 1. The number of hydrogen-bond acceptors (Lipinski definition) is 5. The molecule has 1 amide bonds. The molecule has 0 spiro atoms. The first-order valence-corrected chi connectivity index (χ1v) is 8.44. The lowest BCUT2D eigenvalue weighted by Crippen LogP contribution is -2.27. The van der Waals surface area contributed by atoms with Gasteiger partial charge in [0.1, 0.15) is 17.2 Å². The zero-order valence-electron chi connectivity index (χ0n) is 15.3. The summed E-state index contributed by atoms with van der Waals surface area (Å²) in [7, 11) is 1.68. The van der Waals surface area contributed by atoms with Crippen LogP contribution in [0.25, 0.3) is 16.9 Å². The van der Waals surface area contributed by atoms with Crippen molar-refractivity contribution >= 4 is 11.6 Å². The summed E-state index contributed by atoms with van der Waals surface area (Å²) in [6, 6.07) is 1.88. The first-order chi connectivity index (χ1) is 12.4. The number of amides is 1. The van der Waals surface area contributed by atoms with Gasteiger partial charge in [0.2, 0.25) is 5.65 Å². The zero-order chi connectivity index (χ0) is 18.8. The van der Waals surface area contributed by atoms with Gasteiger partial charge in [0, 0.05) is 38.2 Å². The van der Waals surface area contributed by atoms with E-state index in [2.05, 4.69) is 10.3 Å². The molecule has 26 heavy (non-hydrogen) atoms. The molecule has 0 bridgehead atoms. The third-order valence-corrected chi connectivity index (χ3v) is 4.14. The molecular weight excluding hydrogens is 336 g/mol. The highest BCUT2D eigenvalue weighted by molar-refractivity contribution is 5.92. The molecule has 0 aromatic carbocycles. The number of rotatable bonds is 6. The second-order valence-electron chi connectivity index (χ2n) is 6.02. The van der Waals surface area contributed by atoms with E-state index in [1.54, 1.807) is 23.8 Å². The van der Waals surface area contributed by atoms with E-state index in [-0.39, 0.29) is 22.8 Å². The summed E-state index contributed by atoms with van der Waals surface area (Å²) in [5, 5.41) is 2.72. The van der Waals surface area contributed by atoms with Gasteiger partial charge in [0.15, 0.2) is 0 Å². The molecule has 8 nitrogen and oxygen atoms in total. The lowest BCUT2D eigenvalue weighted by molar-refractivity contribution is 0.0918. The number of aromatic nitrogens is 3. The Morgan fingerprint density at radius 2 is 2.12 bits per heavy atom. The predicted octanol–water partition coefficient (Wildman–Crippen LogP) is 1.68. The van der Waals surface area contributed by atoms with Crippen molar-refractivity contribution < 1.29 is 13.9 Å². The lowest BCUT2D eigenvalue weighted by Gasteiger charge is -2.07. The molecule has 8 heteroatoms. The average molecular weight is 358 g/mol. The van der Waals surface area contributed by atoms with Gasteiger partial charge in [0.25, 0.3) is 11.5 Å². The van der Waals surface area contributed by atoms with Crippen LogP contribution in [0, 0.1) is 13.8 Å². The number of hydrogen-bond donors (Lipinski definition) is 1. The number of imidazole rings is 1. The number of nitrogens with one attached hydrogen (secondary N) is 1. The molecule has 0 saturated carbocycles. The van der Waals surface area contributed by atoms with Crippen LogP contribution in [0.1, 0.15) is 28.9 Å². The average Bonchev–Trinajstić information content (AvgIpc) is 3.18. The SMILES string of the molecule is CCOCCNC(=O)c1cn2cc(-c3cc(C)oc3C)n(C)c(=O)c2n1. The van der Waals surface area contributed by atoms with Crippen LogP contribution in [-0.4, -0.2) is 39.6 Å². The van der Waals surface area contributed by atoms with E-state index in [1.165, 1.54) is 4.57 Å². The first kappa shape index (κ1) is 17.9. The molecule has 3 heterocycles. The summed E-state index contributed by atoms with van der Waals surface area (Å²) in [5.74, 6) is 1.16. The van der Waals surface area contributed by atoms with Crippen LogP contribution in [0.3, 0.4) is 0 Å². The minimum Gasteiger partial charge on any atom is -0.466 e. The smallest absolute Gasteiger partial charge is 0.294 e. The van der Waals surface area contributed by atoms with E-state index < -0.39 is 0 Å². The topological polar surface area (TPSA) is 90.8 Å². The van der Waals surface area contributed by atoms with Crippen LogP contribution >= 0.6 is 0 Å². The van der Waals surface area contributed by atoms with E-state index in [1.807, 2.05) is 26.8 Å². The van der Waals surface area contributed by atoms with Gasteiger partial charge in [-0.25, -0.2) is 4.98 Å². The minimum absolute atomic E-state index is 0.191. The third-order valence-electron chi connectivity index (χ3n) is 4.14. The maximum atomic E-state index is 12.7. The van der Waals surface area contributed by atoms with Gasteiger partial charge < -0.3 is 19.0 Å². The summed E-state index contributed by atoms with van der Waals surface area (Å²) in [6.45, 7) is 7.01. The number of ether oxygens (including phenoxy) is 1. The number of fused-ring (bicyclic) bond motifs is 1.